The quantitative estimate of drug-likeness (QED) is 0.726. The van der Waals surface area contributed by atoms with Crippen LogP contribution in [0.15, 0.2) is 47.5 Å². The van der Waals surface area contributed by atoms with Crippen molar-refractivity contribution in [2.75, 3.05) is 12.4 Å². The molecule has 25 heavy (non-hydrogen) atoms. The summed E-state index contributed by atoms with van der Waals surface area (Å²) >= 11 is 6.00. The molecule has 4 nitrogen and oxygen atoms in total. The zero-order valence-corrected chi connectivity index (χ0v) is 15.9. The molecule has 0 fully saturated rings. The van der Waals surface area contributed by atoms with Gasteiger partial charge in [-0.15, -0.1) is 0 Å². The first kappa shape index (κ1) is 19.0. The van der Waals surface area contributed by atoms with Crippen molar-refractivity contribution in [1.82, 2.24) is 0 Å². The largest absolute Gasteiger partial charge is 0.438 e. The van der Waals surface area contributed by atoms with Gasteiger partial charge >= 0.3 is 6.09 Å². The van der Waals surface area contributed by atoms with Gasteiger partial charge in [0.2, 0.25) is 0 Å². The molecule has 2 aromatic rings. The van der Waals surface area contributed by atoms with Crippen LogP contribution in [0.3, 0.4) is 0 Å². The number of aliphatic imine (C=N–C) groups is 1. The number of anilines is 1. The number of nitrogens with zero attached hydrogens (tertiary/aromatic N) is 1. The second-order valence-electron chi connectivity index (χ2n) is 6.38. The monoisotopic (exact) mass is 358 g/mol. The zero-order chi connectivity index (χ0) is 18.6. The molecular weight excluding hydrogens is 336 g/mol. The maximum absolute atomic E-state index is 12.3. The molecule has 0 saturated carbocycles. The van der Waals surface area contributed by atoms with Gasteiger partial charge in [-0.25, -0.2) is 4.79 Å². The van der Waals surface area contributed by atoms with E-state index in [0.29, 0.717) is 10.7 Å². The minimum Gasteiger partial charge on any atom is -0.438 e. The van der Waals surface area contributed by atoms with Crippen molar-refractivity contribution in [2.45, 2.75) is 33.3 Å². The molecule has 0 aliphatic carbocycles. The van der Waals surface area contributed by atoms with Crippen LogP contribution in [0.2, 0.25) is 5.02 Å². The Morgan fingerprint density at radius 3 is 2.56 bits per heavy atom. The van der Waals surface area contributed by atoms with Crippen LogP contribution in [-0.2, 0) is 10.3 Å². The van der Waals surface area contributed by atoms with Gasteiger partial charge in [0.15, 0.2) is 0 Å². The average Bonchev–Trinajstić information content (AvgIpc) is 2.57. The Kier molecular flexibility index (Phi) is 5.85. The molecule has 0 heterocycles. The van der Waals surface area contributed by atoms with Gasteiger partial charge in [-0.2, -0.15) is 0 Å². The number of hydrogen-bond donors (Lipinski definition) is 1. The van der Waals surface area contributed by atoms with E-state index in [-0.39, 0.29) is 0 Å². The van der Waals surface area contributed by atoms with Crippen LogP contribution in [0.5, 0.6) is 0 Å². The predicted molar refractivity (Wildman–Crippen MR) is 104 cm³/mol. The molecule has 132 valence electrons. The van der Waals surface area contributed by atoms with Gasteiger partial charge in [0.05, 0.1) is 0 Å². The third kappa shape index (κ3) is 4.83. The second kappa shape index (κ2) is 7.70. The van der Waals surface area contributed by atoms with Crippen LogP contribution in [0, 0.1) is 6.92 Å². The van der Waals surface area contributed by atoms with Crippen molar-refractivity contribution in [3.63, 3.8) is 0 Å². The lowest BCUT2D eigenvalue weighted by atomic mass is 9.95. The minimum absolute atomic E-state index is 0.516. The third-order valence-electron chi connectivity index (χ3n) is 4.06. The number of halogens is 1. The molecule has 0 saturated heterocycles. The number of aryl methyl sites for hydroxylation is 1. The molecule has 0 spiro atoms. The van der Waals surface area contributed by atoms with E-state index in [1.807, 2.05) is 52.0 Å². The molecule has 0 aliphatic rings. The molecule has 2 rings (SSSR count). The number of rotatable bonds is 4. The summed E-state index contributed by atoms with van der Waals surface area (Å²) in [6, 6.07) is 13.1. The van der Waals surface area contributed by atoms with Crippen LogP contribution in [-0.4, -0.2) is 18.9 Å². The second-order valence-corrected chi connectivity index (χ2v) is 6.79. The molecule has 0 unspecified atom stereocenters. The summed E-state index contributed by atoms with van der Waals surface area (Å²) in [5, 5.41) is 3.40. The minimum atomic E-state index is -0.782. The summed E-state index contributed by atoms with van der Waals surface area (Å²) in [5.41, 5.74) is 3.58. The highest BCUT2D eigenvalue weighted by Gasteiger charge is 2.26. The van der Waals surface area contributed by atoms with E-state index < -0.39 is 11.7 Å². The summed E-state index contributed by atoms with van der Waals surface area (Å²) < 4.78 is 5.64. The maximum Gasteiger partial charge on any atom is 0.412 e. The number of nitrogens with one attached hydrogen (secondary N) is 1. The summed E-state index contributed by atoms with van der Waals surface area (Å²) in [6.45, 7) is 7.54. The fourth-order valence-corrected chi connectivity index (χ4v) is 2.52. The lowest BCUT2D eigenvalue weighted by molar-refractivity contribution is 0.0466. The molecule has 0 aliphatic heterocycles. The van der Waals surface area contributed by atoms with E-state index in [9.17, 15) is 4.79 Å². The zero-order valence-electron chi connectivity index (χ0n) is 15.2. The Hall–Kier alpha value is -2.33. The Morgan fingerprint density at radius 2 is 1.92 bits per heavy atom. The molecule has 5 heteroatoms. The van der Waals surface area contributed by atoms with Crippen LogP contribution in [0.4, 0.5) is 10.5 Å². The van der Waals surface area contributed by atoms with E-state index in [1.165, 1.54) is 0 Å². The van der Waals surface area contributed by atoms with Gasteiger partial charge in [0, 0.05) is 23.5 Å². The number of amides is 1. The van der Waals surface area contributed by atoms with Gasteiger partial charge in [-0.3, -0.25) is 10.3 Å². The average molecular weight is 359 g/mol. The van der Waals surface area contributed by atoms with Gasteiger partial charge < -0.3 is 4.74 Å². The Balaban J connectivity index is 2.14. The SMILES string of the molecule is CN=C(C)c1cccc(C(C)(C)OC(=O)Nc2ccc(Cl)c(C)c2)c1. The standard InChI is InChI=1S/C20H23ClN2O2/c1-13-11-17(9-10-18(13)21)23-19(24)25-20(3,4)16-8-6-7-15(12-16)14(2)22-5/h6-12H,1-5H3,(H,23,24). The highest BCUT2D eigenvalue weighted by Crippen LogP contribution is 2.27. The molecular formula is C20H23ClN2O2. The van der Waals surface area contributed by atoms with Gasteiger partial charge in [-0.05, 0) is 68.7 Å². The Labute approximate surface area is 153 Å². The fourth-order valence-electron chi connectivity index (χ4n) is 2.40. The fraction of sp³-hybridized carbons (Fsp3) is 0.300. The number of carbonyl (C=O) groups is 1. The Morgan fingerprint density at radius 1 is 1.20 bits per heavy atom. The number of benzene rings is 2. The summed E-state index contributed by atoms with van der Waals surface area (Å²) in [6.07, 6.45) is -0.516. The molecule has 0 radical (unpaired) electrons. The Bertz CT molecular complexity index is 813. The highest BCUT2D eigenvalue weighted by molar-refractivity contribution is 6.31. The van der Waals surface area contributed by atoms with E-state index in [4.69, 9.17) is 16.3 Å². The van der Waals surface area contributed by atoms with Crippen LogP contribution < -0.4 is 5.32 Å². The van der Waals surface area contributed by atoms with Gasteiger partial charge in [0.25, 0.3) is 0 Å². The molecule has 1 N–H and O–H groups in total. The molecule has 0 bridgehead atoms. The highest BCUT2D eigenvalue weighted by atomic mass is 35.5. The summed E-state index contributed by atoms with van der Waals surface area (Å²) in [5.74, 6) is 0. The maximum atomic E-state index is 12.3. The number of carbonyl (C=O) groups excluding carboxylic acids is 1. The van der Waals surface area contributed by atoms with Crippen LogP contribution in [0.25, 0.3) is 0 Å². The summed E-state index contributed by atoms with van der Waals surface area (Å²) in [7, 11) is 1.76. The molecule has 2 aromatic carbocycles. The third-order valence-corrected chi connectivity index (χ3v) is 4.49. The molecule has 0 aromatic heterocycles. The van der Waals surface area contributed by atoms with E-state index in [2.05, 4.69) is 10.3 Å². The number of hydrogen-bond acceptors (Lipinski definition) is 3. The lowest BCUT2D eigenvalue weighted by Crippen LogP contribution is -2.28. The van der Waals surface area contributed by atoms with Crippen molar-refractivity contribution in [3.05, 3.63) is 64.2 Å². The van der Waals surface area contributed by atoms with Crippen molar-refractivity contribution in [3.8, 4) is 0 Å². The first-order valence-corrected chi connectivity index (χ1v) is 8.41. The van der Waals surface area contributed by atoms with Crippen LogP contribution >= 0.6 is 11.6 Å². The van der Waals surface area contributed by atoms with Crippen molar-refractivity contribution in [1.29, 1.82) is 0 Å². The lowest BCUT2D eigenvalue weighted by Gasteiger charge is -2.26. The van der Waals surface area contributed by atoms with Gasteiger partial charge in [0.1, 0.15) is 5.60 Å². The normalized spacial score (nSPS) is 12.0. The van der Waals surface area contributed by atoms with Gasteiger partial charge in [-0.1, -0.05) is 29.8 Å². The van der Waals surface area contributed by atoms with E-state index >= 15 is 0 Å². The summed E-state index contributed by atoms with van der Waals surface area (Å²) in [4.78, 5) is 16.5. The molecule has 0 atom stereocenters. The predicted octanol–water partition coefficient (Wildman–Crippen LogP) is 5.57. The molecule has 1 amide bonds. The van der Waals surface area contributed by atoms with E-state index in [0.717, 1.165) is 22.4 Å². The van der Waals surface area contributed by atoms with Crippen molar-refractivity contribution < 1.29 is 9.53 Å². The topological polar surface area (TPSA) is 50.7 Å². The van der Waals surface area contributed by atoms with Crippen LogP contribution in [0.1, 0.15) is 37.5 Å². The first-order chi connectivity index (χ1) is 11.7. The smallest absolute Gasteiger partial charge is 0.412 e. The van der Waals surface area contributed by atoms with E-state index in [1.54, 1.807) is 25.2 Å². The van der Waals surface area contributed by atoms with Crippen molar-refractivity contribution in [2.24, 2.45) is 4.99 Å². The van der Waals surface area contributed by atoms with Crippen molar-refractivity contribution >= 4 is 29.1 Å². The first-order valence-electron chi connectivity index (χ1n) is 8.03. The number of ether oxygens (including phenoxy) is 1.